The number of rotatable bonds is 4. The lowest BCUT2D eigenvalue weighted by Gasteiger charge is -2.16. The summed E-state index contributed by atoms with van der Waals surface area (Å²) in [5.74, 6) is 0.688. The molecule has 1 amide bonds. The largest absolute Gasteiger partial charge is 0.391 e. The predicted molar refractivity (Wildman–Crippen MR) is 96.8 cm³/mol. The van der Waals surface area contributed by atoms with Crippen LogP contribution in [0.5, 0.6) is 0 Å². The Hall–Kier alpha value is -2.45. The third kappa shape index (κ3) is 3.10. The first kappa shape index (κ1) is 16.0. The molecule has 0 aliphatic carbocycles. The number of aromatic nitrogens is 3. The third-order valence-corrected chi connectivity index (χ3v) is 5.23. The van der Waals surface area contributed by atoms with Crippen molar-refractivity contribution in [2.45, 2.75) is 19.1 Å². The first-order valence-corrected chi connectivity index (χ1v) is 9.06. The lowest BCUT2D eigenvalue weighted by atomic mass is 10.2. The fourth-order valence-corrected chi connectivity index (χ4v) is 3.69. The molecule has 1 fully saturated rings. The van der Waals surface area contributed by atoms with Crippen LogP contribution in [0.3, 0.4) is 0 Å². The molecule has 7 nitrogen and oxygen atoms in total. The Morgan fingerprint density at radius 2 is 2.36 bits per heavy atom. The molecule has 1 aromatic carbocycles. The number of benzene rings is 1. The van der Waals surface area contributed by atoms with Gasteiger partial charge in [-0.3, -0.25) is 4.79 Å². The molecule has 0 bridgehead atoms. The number of hydrogen-bond acceptors (Lipinski definition) is 6. The highest BCUT2D eigenvalue weighted by Gasteiger charge is 2.24. The van der Waals surface area contributed by atoms with Crippen molar-refractivity contribution >= 4 is 34.2 Å². The number of aliphatic hydroxyl groups excluding tert-OH is 1. The SMILES string of the molecule is Cn1c(N2CC[C@H](O)C2)nc2cc(C(=O)NCc3nccs3)ccc21. The van der Waals surface area contributed by atoms with Gasteiger partial charge in [0, 0.05) is 37.3 Å². The van der Waals surface area contributed by atoms with Crippen LogP contribution in [-0.4, -0.2) is 44.7 Å². The van der Waals surface area contributed by atoms with Crippen LogP contribution in [0.2, 0.25) is 0 Å². The summed E-state index contributed by atoms with van der Waals surface area (Å²) in [6.45, 7) is 1.81. The Kier molecular flexibility index (Phi) is 4.14. The van der Waals surface area contributed by atoms with Gasteiger partial charge in [0.15, 0.2) is 0 Å². The number of carbonyl (C=O) groups excluding carboxylic acids is 1. The van der Waals surface area contributed by atoms with E-state index in [0.717, 1.165) is 35.0 Å². The molecule has 1 atom stereocenters. The van der Waals surface area contributed by atoms with Gasteiger partial charge in [0.25, 0.3) is 5.91 Å². The van der Waals surface area contributed by atoms with E-state index in [-0.39, 0.29) is 12.0 Å². The molecule has 1 saturated heterocycles. The van der Waals surface area contributed by atoms with E-state index < -0.39 is 0 Å². The highest BCUT2D eigenvalue weighted by molar-refractivity contribution is 7.09. The lowest BCUT2D eigenvalue weighted by molar-refractivity contribution is 0.0951. The number of fused-ring (bicyclic) bond motifs is 1. The number of imidazole rings is 1. The molecular formula is C17H19N5O2S. The minimum atomic E-state index is -0.299. The smallest absolute Gasteiger partial charge is 0.251 e. The van der Waals surface area contributed by atoms with Gasteiger partial charge in [0.2, 0.25) is 5.95 Å². The van der Waals surface area contributed by atoms with Crippen molar-refractivity contribution in [2.75, 3.05) is 18.0 Å². The molecule has 1 aliphatic heterocycles. The zero-order chi connectivity index (χ0) is 17.4. The Labute approximate surface area is 148 Å². The van der Waals surface area contributed by atoms with Gasteiger partial charge >= 0.3 is 0 Å². The molecule has 3 aromatic rings. The zero-order valence-electron chi connectivity index (χ0n) is 13.8. The number of aliphatic hydroxyl groups is 1. The van der Waals surface area contributed by atoms with Crippen LogP contribution in [0.1, 0.15) is 21.8 Å². The molecule has 4 rings (SSSR count). The third-order valence-electron chi connectivity index (χ3n) is 4.45. The molecule has 130 valence electrons. The quantitative estimate of drug-likeness (QED) is 0.740. The van der Waals surface area contributed by atoms with Gasteiger partial charge < -0.3 is 19.9 Å². The maximum absolute atomic E-state index is 12.4. The van der Waals surface area contributed by atoms with E-state index in [1.807, 2.05) is 35.2 Å². The van der Waals surface area contributed by atoms with Gasteiger partial charge in [-0.2, -0.15) is 0 Å². The number of nitrogens with zero attached hydrogens (tertiary/aromatic N) is 4. The summed E-state index contributed by atoms with van der Waals surface area (Å²) in [6.07, 6.45) is 2.18. The number of thiazole rings is 1. The molecule has 0 spiro atoms. The minimum Gasteiger partial charge on any atom is -0.391 e. The lowest BCUT2D eigenvalue weighted by Crippen LogP contribution is -2.24. The molecule has 2 N–H and O–H groups in total. The van der Waals surface area contributed by atoms with E-state index in [1.165, 1.54) is 11.3 Å². The molecule has 0 saturated carbocycles. The van der Waals surface area contributed by atoms with Crippen molar-refractivity contribution in [1.29, 1.82) is 0 Å². The second-order valence-corrected chi connectivity index (χ2v) is 7.15. The second-order valence-electron chi connectivity index (χ2n) is 6.17. The summed E-state index contributed by atoms with van der Waals surface area (Å²) in [4.78, 5) is 23.3. The molecule has 8 heteroatoms. The first-order chi connectivity index (χ1) is 12.1. The number of anilines is 1. The number of carbonyl (C=O) groups is 1. The summed E-state index contributed by atoms with van der Waals surface area (Å²) in [7, 11) is 1.96. The van der Waals surface area contributed by atoms with Crippen molar-refractivity contribution in [2.24, 2.45) is 7.05 Å². The average molecular weight is 357 g/mol. The highest BCUT2D eigenvalue weighted by Crippen LogP contribution is 2.25. The van der Waals surface area contributed by atoms with Crippen molar-refractivity contribution in [3.63, 3.8) is 0 Å². The van der Waals surface area contributed by atoms with Gasteiger partial charge in [-0.15, -0.1) is 11.3 Å². The van der Waals surface area contributed by atoms with Gasteiger partial charge in [0.1, 0.15) is 5.01 Å². The Balaban J connectivity index is 1.56. The molecule has 2 aromatic heterocycles. The molecule has 0 radical (unpaired) electrons. The van der Waals surface area contributed by atoms with Gasteiger partial charge in [-0.25, -0.2) is 9.97 Å². The fourth-order valence-electron chi connectivity index (χ4n) is 3.13. The zero-order valence-corrected chi connectivity index (χ0v) is 14.7. The highest BCUT2D eigenvalue weighted by atomic mass is 32.1. The van der Waals surface area contributed by atoms with Crippen molar-refractivity contribution in [1.82, 2.24) is 19.9 Å². The van der Waals surface area contributed by atoms with Crippen LogP contribution in [0.15, 0.2) is 29.8 Å². The summed E-state index contributed by atoms with van der Waals surface area (Å²) < 4.78 is 2.00. The van der Waals surface area contributed by atoms with Crippen LogP contribution in [0.25, 0.3) is 11.0 Å². The Morgan fingerprint density at radius 3 is 3.08 bits per heavy atom. The summed E-state index contributed by atoms with van der Waals surface area (Å²) in [6, 6.07) is 5.53. The average Bonchev–Trinajstić information content (AvgIpc) is 3.33. The number of nitrogens with one attached hydrogen (secondary N) is 1. The van der Waals surface area contributed by atoms with Crippen LogP contribution in [0, 0.1) is 0 Å². The van der Waals surface area contributed by atoms with Crippen LogP contribution >= 0.6 is 11.3 Å². The first-order valence-electron chi connectivity index (χ1n) is 8.18. The van der Waals surface area contributed by atoms with E-state index in [0.29, 0.717) is 18.7 Å². The molecule has 25 heavy (non-hydrogen) atoms. The summed E-state index contributed by atoms with van der Waals surface area (Å²) in [5, 5.41) is 15.4. The van der Waals surface area contributed by atoms with Gasteiger partial charge in [-0.1, -0.05) is 0 Å². The van der Waals surface area contributed by atoms with Crippen LogP contribution < -0.4 is 10.2 Å². The summed E-state index contributed by atoms with van der Waals surface area (Å²) >= 11 is 1.51. The van der Waals surface area contributed by atoms with Gasteiger partial charge in [0.05, 0.1) is 23.7 Å². The number of β-amino-alcohol motifs (C(OH)–C–C–N with tert-alkyl or cyclic N) is 1. The van der Waals surface area contributed by atoms with E-state index in [1.54, 1.807) is 6.20 Å². The standard InChI is InChI=1S/C17H19N5O2S/c1-21-14-3-2-11(16(24)19-9-15-18-5-7-25-15)8-13(14)20-17(21)22-6-4-12(23)10-22/h2-3,5,7-8,12,23H,4,6,9-10H2,1H3,(H,19,24)/t12-/m0/s1. The number of hydrogen-bond donors (Lipinski definition) is 2. The second kappa shape index (κ2) is 6.45. The Morgan fingerprint density at radius 1 is 1.48 bits per heavy atom. The maximum Gasteiger partial charge on any atom is 0.251 e. The summed E-state index contributed by atoms with van der Waals surface area (Å²) in [5.41, 5.74) is 2.32. The van der Waals surface area contributed by atoms with Crippen molar-refractivity contribution in [3.05, 3.63) is 40.3 Å². The monoisotopic (exact) mass is 357 g/mol. The number of aryl methyl sites for hydroxylation is 1. The maximum atomic E-state index is 12.4. The van der Waals surface area contributed by atoms with Crippen molar-refractivity contribution < 1.29 is 9.90 Å². The van der Waals surface area contributed by atoms with Crippen molar-refractivity contribution in [3.8, 4) is 0 Å². The minimum absolute atomic E-state index is 0.138. The van der Waals surface area contributed by atoms with E-state index in [2.05, 4.69) is 20.2 Å². The Bertz CT molecular complexity index is 905. The normalized spacial score (nSPS) is 17.4. The molecule has 1 aliphatic rings. The van der Waals surface area contributed by atoms with E-state index in [4.69, 9.17) is 0 Å². The van der Waals surface area contributed by atoms with Crippen LogP contribution in [0.4, 0.5) is 5.95 Å². The molecule has 3 heterocycles. The van der Waals surface area contributed by atoms with Crippen LogP contribution in [-0.2, 0) is 13.6 Å². The predicted octanol–water partition coefficient (Wildman–Crippen LogP) is 1.53. The fraction of sp³-hybridized carbons (Fsp3) is 0.353. The van der Waals surface area contributed by atoms with Gasteiger partial charge in [-0.05, 0) is 24.6 Å². The molecular weight excluding hydrogens is 338 g/mol. The topological polar surface area (TPSA) is 83.3 Å². The number of amides is 1. The van der Waals surface area contributed by atoms with E-state index >= 15 is 0 Å². The molecule has 0 unspecified atom stereocenters. The van der Waals surface area contributed by atoms with E-state index in [9.17, 15) is 9.90 Å².